The minimum absolute atomic E-state index is 0.226. The first kappa shape index (κ1) is 18.0. The van der Waals surface area contributed by atoms with Crippen LogP contribution >= 0.6 is 0 Å². The fourth-order valence-electron chi connectivity index (χ4n) is 4.74. The maximum Gasteiger partial charge on any atom is 0.223 e. The molecular weight excluding hydrogens is 324 g/mol. The lowest BCUT2D eigenvalue weighted by Gasteiger charge is -2.35. The Labute approximate surface area is 157 Å². The van der Waals surface area contributed by atoms with Crippen molar-refractivity contribution in [3.63, 3.8) is 0 Å². The lowest BCUT2D eigenvalue weighted by atomic mass is 9.79. The van der Waals surface area contributed by atoms with Crippen molar-refractivity contribution >= 4 is 5.91 Å². The molecule has 4 rings (SSSR count). The Morgan fingerprint density at radius 1 is 1.23 bits per heavy atom. The van der Waals surface area contributed by atoms with E-state index in [1.165, 1.54) is 36.8 Å². The molecule has 4 heteroatoms. The highest BCUT2D eigenvalue weighted by Gasteiger charge is 2.45. The zero-order chi connectivity index (χ0) is 18.0. The molecule has 1 spiro atoms. The molecule has 1 atom stereocenters. The smallest absolute Gasteiger partial charge is 0.223 e. The Hall–Kier alpha value is -1.39. The third-order valence-corrected chi connectivity index (χ3v) is 6.76. The fraction of sp³-hybridized carbons (Fsp3) is 0.682. The molecule has 0 radical (unpaired) electrons. The largest absolute Gasteiger partial charge is 0.379 e. The van der Waals surface area contributed by atoms with Gasteiger partial charge in [-0.1, -0.05) is 29.8 Å². The van der Waals surface area contributed by atoms with Gasteiger partial charge in [0.2, 0.25) is 5.91 Å². The normalized spacial score (nSPS) is 24.3. The van der Waals surface area contributed by atoms with Crippen molar-refractivity contribution in [2.24, 2.45) is 11.3 Å². The first-order valence-corrected chi connectivity index (χ1v) is 10.3. The Balaban J connectivity index is 1.38. The van der Waals surface area contributed by atoms with E-state index in [1.54, 1.807) is 0 Å². The van der Waals surface area contributed by atoms with Crippen molar-refractivity contribution < 1.29 is 9.53 Å². The fourth-order valence-corrected chi connectivity index (χ4v) is 4.74. The number of benzene rings is 1. The quantitative estimate of drug-likeness (QED) is 0.878. The summed E-state index contributed by atoms with van der Waals surface area (Å²) < 4.78 is 5.53. The van der Waals surface area contributed by atoms with Crippen molar-refractivity contribution in [2.45, 2.75) is 51.5 Å². The molecule has 142 valence electrons. The molecule has 3 fully saturated rings. The predicted octanol–water partition coefficient (Wildman–Crippen LogP) is 3.45. The number of carbonyl (C=O) groups is 1. The molecule has 2 aliphatic carbocycles. The van der Waals surface area contributed by atoms with Crippen LogP contribution in [-0.4, -0.2) is 43.7 Å². The van der Waals surface area contributed by atoms with Gasteiger partial charge in [-0.25, -0.2) is 0 Å². The molecular formula is C22H32N2O2. The SMILES string of the molecule is Cc1cccc(C(CNC(=O)C2CCC3(CC2)CC3)N2CCOCC2)c1. The maximum absolute atomic E-state index is 12.8. The summed E-state index contributed by atoms with van der Waals surface area (Å²) in [7, 11) is 0. The van der Waals surface area contributed by atoms with E-state index in [0.29, 0.717) is 12.0 Å². The monoisotopic (exact) mass is 356 g/mol. The molecule has 1 amide bonds. The molecule has 3 aliphatic rings. The summed E-state index contributed by atoms with van der Waals surface area (Å²) in [6.45, 7) is 6.25. The average molecular weight is 357 g/mol. The number of nitrogens with one attached hydrogen (secondary N) is 1. The molecule has 0 bridgehead atoms. The molecule has 2 saturated carbocycles. The lowest BCUT2D eigenvalue weighted by molar-refractivity contribution is -0.126. The van der Waals surface area contributed by atoms with E-state index in [2.05, 4.69) is 41.4 Å². The molecule has 1 saturated heterocycles. The first-order chi connectivity index (χ1) is 12.7. The van der Waals surface area contributed by atoms with E-state index in [4.69, 9.17) is 4.74 Å². The van der Waals surface area contributed by atoms with Crippen LogP contribution in [0.5, 0.6) is 0 Å². The van der Waals surface area contributed by atoms with Crippen molar-refractivity contribution in [3.8, 4) is 0 Å². The van der Waals surface area contributed by atoms with Crippen LogP contribution in [0.15, 0.2) is 24.3 Å². The second-order valence-electron chi connectivity index (χ2n) is 8.60. The summed E-state index contributed by atoms with van der Waals surface area (Å²) in [4.78, 5) is 15.2. The summed E-state index contributed by atoms with van der Waals surface area (Å²) in [6.07, 6.45) is 7.48. The topological polar surface area (TPSA) is 41.6 Å². The molecule has 26 heavy (non-hydrogen) atoms. The van der Waals surface area contributed by atoms with Gasteiger partial charge in [0.1, 0.15) is 0 Å². The Bertz CT molecular complexity index is 625. The lowest BCUT2D eigenvalue weighted by Crippen LogP contribution is -2.45. The van der Waals surface area contributed by atoms with Gasteiger partial charge < -0.3 is 10.1 Å². The predicted molar refractivity (Wildman–Crippen MR) is 103 cm³/mol. The van der Waals surface area contributed by atoms with Gasteiger partial charge in [-0.3, -0.25) is 9.69 Å². The number of carbonyl (C=O) groups excluding carboxylic acids is 1. The van der Waals surface area contributed by atoms with E-state index in [1.807, 2.05) is 0 Å². The number of nitrogens with zero attached hydrogens (tertiary/aromatic N) is 1. The number of amides is 1. The van der Waals surface area contributed by atoms with Gasteiger partial charge in [-0.15, -0.1) is 0 Å². The molecule has 4 nitrogen and oxygen atoms in total. The zero-order valence-corrected chi connectivity index (χ0v) is 16.0. The van der Waals surface area contributed by atoms with Crippen LogP contribution in [0.25, 0.3) is 0 Å². The van der Waals surface area contributed by atoms with Gasteiger partial charge in [0.05, 0.1) is 19.3 Å². The van der Waals surface area contributed by atoms with Crippen molar-refractivity contribution in [3.05, 3.63) is 35.4 Å². The summed E-state index contributed by atoms with van der Waals surface area (Å²) in [6, 6.07) is 8.94. The van der Waals surface area contributed by atoms with Crippen LogP contribution in [0.2, 0.25) is 0 Å². The van der Waals surface area contributed by atoms with Gasteiger partial charge >= 0.3 is 0 Å². The molecule has 1 aliphatic heterocycles. The van der Waals surface area contributed by atoms with Crippen LogP contribution in [0.3, 0.4) is 0 Å². The minimum Gasteiger partial charge on any atom is -0.379 e. The molecule has 0 aromatic heterocycles. The standard InChI is InChI=1S/C22H32N2O2/c1-17-3-2-4-19(15-17)20(24-11-13-26-14-12-24)16-23-21(25)18-5-7-22(8-6-18)9-10-22/h2-4,15,18,20H,5-14,16H2,1H3,(H,23,25). The van der Waals surface area contributed by atoms with Gasteiger partial charge in [0, 0.05) is 25.6 Å². The van der Waals surface area contributed by atoms with Crippen LogP contribution in [-0.2, 0) is 9.53 Å². The molecule has 1 aromatic rings. The van der Waals surface area contributed by atoms with Gasteiger partial charge in [0.15, 0.2) is 0 Å². The molecule has 1 N–H and O–H groups in total. The summed E-state index contributed by atoms with van der Waals surface area (Å²) >= 11 is 0. The Kier molecular flexibility index (Phi) is 5.32. The van der Waals surface area contributed by atoms with E-state index in [9.17, 15) is 4.79 Å². The van der Waals surface area contributed by atoms with Gasteiger partial charge in [-0.2, -0.15) is 0 Å². The summed E-state index contributed by atoms with van der Waals surface area (Å²) in [5.74, 6) is 0.496. The van der Waals surface area contributed by atoms with Crippen LogP contribution in [0.4, 0.5) is 0 Å². The number of hydrogen-bond acceptors (Lipinski definition) is 3. The van der Waals surface area contributed by atoms with E-state index >= 15 is 0 Å². The van der Waals surface area contributed by atoms with E-state index in [0.717, 1.165) is 39.1 Å². The number of hydrogen-bond donors (Lipinski definition) is 1. The highest BCUT2D eigenvalue weighted by atomic mass is 16.5. The average Bonchev–Trinajstić information content (AvgIpc) is 3.42. The maximum atomic E-state index is 12.8. The second kappa shape index (κ2) is 7.69. The highest BCUT2D eigenvalue weighted by Crippen LogP contribution is 2.57. The zero-order valence-electron chi connectivity index (χ0n) is 16.0. The summed E-state index contributed by atoms with van der Waals surface area (Å²) in [5, 5.41) is 3.29. The minimum atomic E-state index is 0.226. The van der Waals surface area contributed by atoms with Gasteiger partial charge in [0.25, 0.3) is 0 Å². The van der Waals surface area contributed by atoms with Crippen LogP contribution in [0.1, 0.15) is 55.7 Å². The van der Waals surface area contributed by atoms with Crippen molar-refractivity contribution in [2.75, 3.05) is 32.8 Å². The second-order valence-corrected chi connectivity index (χ2v) is 8.60. The third kappa shape index (κ3) is 4.12. The van der Waals surface area contributed by atoms with Gasteiger partial charge in [-0.05, 0) is 56.4 Å². The summed E-state index contributed by atoms with van der Waals surface area (Å²) in [5.41, 5.74) is 3.22. The molecule has 1 aromatic carbocycles. The van der Waals surface area contributed by atoms with Crippen molar-refractivity contribution in [1.29, 1.82) is 0 Å². The highest BCUT2D eigenvalue weighted by molar-refractivity contribution is 5.78. The van der Waals surface area contributed by atoms with E-state index in [-0.39, 0.29) is 17.9 Å². The molecule has 1 heterocycles. The van der Waals surface area contributed by atoms with E-state index < -0.39 is 0 Å². The van der Waals surface area contributed by atoms with Crippen molar-refractivity contribution in [1.82, 2.24) is 10.2 Å². The molecule has 1 unspecified atom stereocenters. The third-order valence-electron chi connectivity index (χ3n) is 6.76. The Morgan fingerprint density at radius 2 is 1.96 bits per heavy atom. The number of morpholine rings is 1. The first-order valence-electron chi connectivity index (χ1n) is 10.3. The number of rotatable bonds is 5. The Morgan fingerprint density at radius 3 is 2.62 bits per heavy atom. The van der Waals surface area contributed by atoms with Crippen LogP contribution in [0, 0.1) is 18.3 Å². The van der Waals surface area contributed by atoms with Crippen LogP contribution < -0.4 is 5.32 Å². The number of ether oxygens (including phenoxy) is 1. The number of aryl methyl sites for hydroxylation is 1.